The number of benzene rings is 2. The summed E-state index contributed by atoms with van der Waals surface area (Å²) in [6.45, 7) is 3.44. The highest BCUT2D eigenvalue weighted by molar-refractivity contribution is 9.10. The minimum atomic E-state index is -0.851. The Morgan fingerprint density at radius 1 is 1.00 bits per heavy atom. The Morgan fingerprint density at radius 2 is 1.45 bits per heavy atom. The molecule has 0 amide bonds. The van der Waals surface area contributed by atoms with E-state index in [1.807, 2.05) is 36.4 Å². The minimum Gasteiger partial charge on any atom is -0.481 e. The minimum absolute atomic E-state index is 0.807. The van der Waals surface area contributed by atoms with E-state index in [4.69, 9.17) is 0 Å². The van der Waals surface area contributed by atoms with Gasteiger partial charge in [-0.15, -0.1) is 0 Å². The van der Waals surface area contributed by atoms with E-state index in [-0.39, 0.29) is 0 Å². The Balaban J connectivity index is 2.16. The normalized spacial score (nSPS) is 11.3. The monoisotopic (exact) mass is 332 g/mol. The summed E-state index contributed by atoms with van der Waals surface area (Å²) < 4.78 is 1.07. The van der Waals surface area contributed by atoms with Crippen LogP contribution in [0.2, 0.25) is 0 Å². The van der Waals surface area contributed by atoms with Crippen LogP contribution in [0.3, 0.4) is 0 Å². The van der Waals surface area contributed by atoms with Crippen molar-refractivity contribution in [1.29, 1.82) is 0 Å². The van der Waals surface area contributed by atoms with Gasteiger partial charge in [0.05, 0.1) is 5.41 Å². The smallest absolute Gasteiger partial charge is 0.313 e. The molecule has 0 aromatic heterocycles. The van der Waals surface area contributed by atoms with Crippen molar-refractivity contribution in [1.82, 2.24) is 0 Å². The lowest BCUT2D eigenvalue weighted by molar-refractivity contribution is -0.142. The second kappa shape index (κ2) is 5.80. The van der Waals surface area contributed by atoms with Crippen LogP contribution in [0.4, 0.5) is 0 Å². The molecule has 3 heteroatoms. The van der Waals surface area contributed by atoms with E-state index in [1.165, 1.54) is 11.1 Å². The molecule has 104 valence electrons. The molecule has 2 rings (SSSR count). The maximum absolute atomic E-state index is 11.2. The molecule has 0 unspecified atom stereocenters. The molecular weight excluding hydrogens is 316 g/mol. The highest BCUT2D eigenvalue weighted by atomic mass is 79.9. The van der Waals surface area contributed by atoms with Crippen molar-refractivity contribution in [2.75, 3.05) is 0 Å². The van der Waals surface area contributed by atoms with Gasteiger partial charge in [-0.1, -0.05) is 52.3 Å². The number of hydrogen-bond acceptors (Lipinski definition) is 1. The van der Waals surface area contributed by atoms with Gasteiger partial charge in [-0.3, -0.25) is 4.79 Å². The Labute approximate surface area is 127 Å². The zero-order valence-electron chi connectivity index (χ0n) is 11.6. The van der Waals surface area contributed by atoms with E-state index in [0.29, 0.717) is 0 Å². The van der Waals surface area contributed by atoms with Gasteiger partial charge in [0.15, 0.2) is 0 Å². The van der Waals surface area contributed by atoms with Crippen LogP contribution in [0.5, 0.6) is 0 Å². The Morgan fingerprint density at radius 3 is 1.90 bits per heavy atom. The highest BCUT2D eigenvalue weighted by Gasteiger charge is 2.28. The van der Waals surface area contributed by atoms with Crippen molar-refractivity contribution in [3.05, 3.63) is 69.7 Å². The predicted octanol–water partition coefficient (Wildman–Crippen LogP) is 4.40. The molecule has 2 nitrogen and oxygen atoms in total. The second-order valence-corrected chi connectivity index (χ2v) is 6.35. The molecule has 0 atom stereocenters. The van der Waals surface area contributed by atoms with Gasteiger partial charge in [0.1, 0.15) is 0 Å². The van der Waals surface area contributed by atoms with E-state index >= 15 is 0 Å². The van der Waals surface area contributed by atoms with E-state index in [9.17, 15) is 9.90 Å². The zero-order valence-corrected chi connectivity index (χ0v) is 13.1. The van der Waals surface area contributed by atoms with Gasteiger partial charge in [-0.05, 0) is 49.1 Å². The number of halogens is 1. The fourth-order valence-corrected chi connectivity index (χ4v) is 2.27. The lowest BCUT2D eigenvalue weighted by Gasteiger charge is -2.19. The van der Waals surface area contributed by atoms with E-state index in [1.54, 1.807) is 13.8 Å². The Kier molecular flexibility index (Phi) is 4.29. The molecule has 0 heterocycles. The molecule has 0 aliphatic rings. The summed E-state index contributed by atoms with van der Waals surface area (Å²) in [6, 6.07) is 16.0. The average molecular weight is 333 g/mol. The van der Waals surface area contributed by atoms with Crippen molar-refractivity contribution in [3.8, 4) is 0 Å². The summed E-state index contributed by atoms with van der Waals surface area (Å²) in [6.07, 6.45) is 0.848. The van der Waals surface area contributed by atoms with E-state index in [2.05, 4.69) is 28.1 Å². The van der Waals surface area contributed by atoms with Crippen molar-refractivity contribution < 1.29 is 9.90 Å². The number of aliphatic carboxylic acids is 1. The predicted molar refractivity (Wildman–Crippen MR) is 84.1 cm³/mol. The van der Waals surface area contributed by atoms with Crippen LogP contribution >= 0.6 is 15.9 Å². The Bertz CT molecular complexity index is 598. The standard InChI is InChI=1S/C17H17BrO2/c1-17(2,16(19)20)14-7-3-12(4-8-14)11-13-5-9-15(18)10-6-13/h3-10H,11H2,1-2H3,(H,19,20). The summed E-state index contributed by atoms with van der Waals surface area (Å²) in [5, 5.41) is 9.22. The molecule has 0 aliphatic carbocycles. The maximum Gasteiger partial charge on any atom is 0.313 e. The first-order valence-electron chi connectivity index (χ1n) is 6.47. The van der Waals surface area contributed by atoms with Crippen LogP contribution in [-0.4, -0.2) is 11.1 Å². The van der Waals surface area contributed by atoms with Gasteiger partial charge in [0.2, 0.25) is 0 Å². The fourth-order valence-electron chi connectivity index (χ4n) is 2.00. The zero-order chi connectivity index (χ0) is 14.8. The molecule has 0 fully saturated rings. The number of hydrogen-bond donors (Lipinski definition) is 1. The summed E-state index contributed by atoms with van der Waals surface area (Å²) in [5.74, 6) is -0.807. The van der Waals surface area contributed by atoms with Crippen LogP contribution in [-0.2, 0) is 16.6 Å². The van der Waals surface area contributed by atoms with Crippen LogP contribution < -0.4 is 0 Å². The third-order valence-electron chi connectivity index (χ3n) is 3.53. The molecule has 0 saturated heterocycles. The first-order valence-corrected chi connectivity index (χ1v) is 7.26. The van der Waals surface area contributed by atoms with E-state index < -0.39 is 11.4 Å². The summed E-state index contributed by atoms with van der Waals surface area (Å²) >= 11 is 3.42. The van der Waals surface area contributed by atoms with Crippen molar-refractivity contribution in [2.24, 2.45) is 0 Å². The van der Waals surface area contributed by atoms with Gasteiger partial charge in [0.25, 0.3) is 0 Å². The third kappa shape index (κ3) is 3.28. The number of carbonyl (C=O) groups is 1. The summed E-state index contributed by atoms with van der Waals surface area (Å²) in [7, 11) is 0. The molecule has 0 aliphatic heterocycles. The first-order chi connectivity index (χ1) is 9.39. The quantitative estimate of drug-likeness (QED) is 0.900. The van der Waals surface area contributed by atoms with E-state index in [0.717, 1.165) is 16.5 Å². The topological polar surface area (TPSA) is 37.3 Å². The average Bonchev–Trinajstić information content (AvgIpc) is 2.42. The van der Waals surface area contributed by atoms with Gasteiger partial charge >= 0.3 is 5.97 Å². The van der Waals surface area contributed by atoms with Gasteiger partial charge in [-0.2, -0.15) is 0 Å². The lowest BCUT2D eigenvalue weighted by Crippen LogP contribution is -2.28. The van der Waals surface area contributed by atoms with Crippen LogP contribution in [0, 0.1) is 0 Å². The van der Waals surface area contributed by atoms with Gasteiger partial charge in [-0.25, -0.2) is 0 Å². The maximum atomic E-state index is 11.2. The Hall–Kier alpha value is -1.61. The molecule has 0 bridgehead atoms. The molecule has 0 spiro atoms. The van der Waals surface area contributed by atoms with Crippen molar-refractivity contribution in [3.63, 3.8) is 0 Å². The van der Waals surface area contributed by atoms with Crippen LogP contribution in [0.15, 0.2) is 53.0 Å². The molecule has 2 aromatic rings. The molecule has 0 radical (unpaired) electrons. The van der Waals surface area contributed by atoms with Crippen LogP contribution in [0.1, 0.15) is 30.5 Å². The van der Waals surface area contributed by atoms with Gasteiger partial charge < -0.3 is 5.11 Å². The molecular formula is C17H17BrO2. The fraction of sp³-hybridized carbons (Fsp3) is 0.235. The molecule has 0 saturated carbocycles. The third-order valence-corrected chi connectivity index (χ3v) is 4.06. The van der Waals surface area contributed by atoms with Crippen LogP contribution in [0.25, 0.3) is 0 Å². The molecule has 1 N–H and O–H groups in total. The second-order valence-electron chi connectivity index (χ2n) is 5.43. The SMILES string of the molecule is CC(C)(C(=O)O)c1ccc(Cc2ccc(Br)cc2)cc1. The van der Waals surface area contributed by atoms with Gasteiger partial charge in [0, 0.05) is 4.47 Å². The summed E-state index contributed by atoms with van der Waals surface area (Å²) in [5.41, 5.74) is 2.39. The highest BCUT2D eigenvalue weighted by Crippen LogP contribution is 2.24. The van der Waals surface area contributed by atoms with Crippen molar-refractivity contribution in [2.45, 2.75) is 25.7 Å². The number of rotatable bonds is 4. The summed E-state index contributed by atoms with van der Waals surface area (Å²) in [4.78, 5) is 11.2. The number of carboxylic acids is 1. The lowest BCUT2D eigenvalue weighted by atomic mass is 9.84. The molecule has 2 aromatic carbocycles. The number of carboxylic acid groups (broad SMARTS) is 1. The first kappa shape index (κ1) is 14.8. The van der Waals surface area contributed by atoms with Crippen molar-refractivity contribution >= 4 is 21.9 Å². The molecule has 20 heavy (non-hydrogen) atoms. The largest absolute Gasteiger partial charge is 0.481 e.